The van der Waals surface area contributed by atoms with Gasteiger partial charge in [0.1, 0.15) is 12.4 Å². The Morgan fingerprint density at radius 3 is 2.83 bits per heavy atom. The van der Waals surface area contributed by atoms with Gasteiger partial charge in [0.05, 0.1) is 6.61 Å². The summed E-state index contributed by atoms with van der Waals surface area (Å²) in [6, 6.07) is 6.32. The summed E-state index contributed by atoms with van der Waals surface area (Å²) < 4.78 is 12.5. The molecule has 0 aromatic heterocycles. The van der Waals surface area contributed by atoms with Gasteiger partial charge in [-0.15, -0.1) is 0 Å². The minimum Gasteiger partial charge on any atom is -0.491 e. The molecule has 1 aromatic carbocycles. The number of rotatable bonds is 7. The molecule has 3 rings (SSSR count). The minimum atomic E-state index is 0.549. The molecule has 1 spiro atoms. The zero-order valence-electron chi connectivity index (χ0n) is 14.7. The lowest BCUT2D eigenvalue weighted by atomic mass is 9.78. The van der Waals surface area contributed by atoms with Crippen molar-refractivity contribution >= 4 is 15.9 Å². The van der Waals surface area contributed by atoms with E-state index in [1.807, 2.05) is 6.92 Å². The average molecular weight is 397 g/mol. The van der Waals surface area contributed by atoms with Gasteiger partial charge in [-0.25, -0.2) is 0 Å². The summed E-state index contributed by atoms with van der Waals surface area (Å²) in [7, 11) is 0. The van der Waals surface area contributed by atoms with Crippen LogP contribution in [0.15, 0.2) is 22.7 Å². The number of likely N-dealkylation sites (tertiary alicyclic amines) is 1. The molecule has 1 aromatic rings. The Kier molecular flexibility index (Phi) is 6.56. The van der Waals surface area contributed by atoms with E-state index in [0.717, 1.165) is 23.4 Å². The maximum Gasteiger partial charge on any atom is 0.123 e. The van der Waals surface area contributed by atoms with Crippen LogP contribution in [-0.2, 0) is 11.3 Å². The number of nitrogens with zero attached hydrogens (tertiary/aromatic N) is 1. The predicted molar refractivity (Wildman–Crippen MR) is 101 cm³/mol. The Bertz CT molecular complexity index is 532. The zero-order valence-corrected chi connectivity index (χ0v) is 16.2. The first-order valence-electron chi connectivity index (χ1n) is 9.13. The first-order chi connectivity index (χ1) is 11.7. The van der Waals surface area contributed by atoms with Gasteiger partial charge < -0.3 is 14.8 Å². The van der Waals surface area contributed by atoms with Gasteiger partial charge >= 0.3 is 0 Å². The molecule has 1 N–H and O–H groups in total. The molecule has 134 valence electrons. The fourth-order valence-electron chi connectivity index (χ4n) is 3.94. The monoisotopic (exact) mass is 396 g/mol. The first-order valence-corrected chi connectivity index (χ1v) is 9.92. The molecule has 0 radical (unpaired) electrons. The van der Waals surface area contributed by atoms with Gasteiger partial charge in [0.2, 0.25) is 0 Å². The van der Waals surface area contributed by atoms with E-state index in [1.54, 1.807) is 0 Å². The van der Waals surface area contributed by atoms with Crippen molar-refractivity contribution in [2.75, 3.05) is 46.0 Å². The van der Waals surface area contributed by atoms with Gasteiger partial charge in [-0.3, -0.25) is 4.90 Å². The van der Waals surface area contributed by atoms with Gasteiger partial charge in [0.25, 0.3) is 0 Å². The van der Waals surface area contributed by atoms with Crippen LogP contribution in [0.25, 0.3) is 0 Å². The fourth-order valence-corrected chi connectivity index (χ4v) is 4.34. The van der Waals surface area contributed by atoms with E-state index in [2.05, 4.69) is 44.3 Å². The fraction of sp³-hybridized carbons (Fsp3) is 0.684. The van der Waals surface area contributed by atoms with Gasteiger partial charge in [0, 0.05) is 29.7 Å². The number of halogens is 1. The van der Waals surface area contributed by atoms with Crippen molar-refractivity contribution < 1.29 is 9.47 Å². The molecule has 0 bridgehead atoms. The third-order valence-corrected chi connectivity index (χ3v) is 5.78. The molecule has 2 fully saturated rings. The summed E-state index contributed by atoms with van der Waals surface area (Å²) in [5, 5.41) is 3.49. The molecule has 24 heavy (non-hydrogen) atoms. The Hall–Kier alpha value is -0.620. The number of piperidine rings is 1. The molecule has 2 saturated heterocycles. The highest BCUT2D eigenvalue weighted by Crippen LogP contribution is 2.39. The van der Waals surface area contributed by atoms with Crippen LogP contribution < -0.4 is 10.1 Å². The normalized spacial score (nSPS) is 20.6. The van der Waals surface area contributed by atoms with Crippen molar-refractivity contribution in [1.29, 1.82) is 0 Å². The Labute approximate surface area is 154 Å². The van der Waals surface area contributed by atoms with Crippen LogP contribution in [0.2, 0.25) is 0 Å². The molecule has 0 aliphatic carbocycles. The second kappa shape index (κ2) is 8.65. The zero-order chi connectivity index (χ0) is 16.8. The van der Waals surface area contributed by atoms with Crippen LogP contribution in [0.1, 0.15) is 31.7 Å². The van der Waals surface area contributed by atoms with Crippen molar-refractivity contribution in [2.45, 2.75) is 32.7 Å². The largest absolute Gasteiger partial charge is 0.491 e. The summed E-state index contributed by atoms with van der Waals surface area (Å²) in [5.41, 5.74) is 1.82. The summed E-state index contributed by atoms with van der Waals surface area (Å²) in [5.74, 6) is 0.990. The number of hydrogen-bond donors (Lipinski definition) is 1. The standard InChI is InChI=1S/C19H29BrN2O2/c1-2-23-11-12-24-18-4-3-17(20)13-16(18)14-22-10-7-19(15-22)5-8-21-9-6-19/h3-4,13,21H,2,5-12,14-15H2,1H3. The molecular weight excluding hydrogens is 368 g/mol. The molecule has 2 heterocycles. The molecule has 0 amide bonds. The van der Waals surface area contributed by atoms with Gasteiger partial charge in [-0.05, 0) is 69.4 Å². The number of nitrogens with one attached hydrogen (secondary N) is 1. The minimum absolute atomic E-state index is 0.549. The second-order valence-corrected chi connectivity index (χ2v) is 7.92. The Morgan fingerprint density at radius 2 is 2.04 bits per heavy atom. The van der Waals surface area contributed by atoms with Crippen LogP contribution in [0.5, 0.6) is 5.75 Å². The quantitative estimate of drug-likeness (QED) is 0.715. The van der Waals surface area contributed by atoms with Gasteiger partial charge in [-0.2, -0.15) is 0 Å². The van der Waals surface area contributed by atoms with Crippen LogP contribution >= 0.6 is 15.9 Å². The maximum absolute atomic E-state index is 5.96. The van der Waals surface area contributed by atoms with Gasteiger partial charge in [0.15, 0.2) is 0 Å². The average Bonchev–Trinajstić information content (AvgIpc) is 2.96. The van der Waals surface area contributed by atoms with Crippen LogP contribution in [-0.4, -0.2) is 50.9 Å². The third-order valence-electron chi connectivity index (χ3n) is 5.29. The lowest BCUT2D eigenvalue weighted by Crippen LogP contribution is -2.38. The summed E-state index contributed by atoms with van der Waals surface area (Å²) in [6.07, 6.45) is 3.97. The van der Waals surface area contributed by atoms with E-state index in [1.165, 1.54) is 51.0 Å². The van der Waals surface area contributed by atoms with E-state index in [-0.39, 0.29) is 0 Å². The first kappa shape index (κ1) is 18.2. The van der Waals surface area contributed by atoms with Crippen molar-refractivity contribution in [3.05, 3.63) is 28.2 Å². The Morgan fingerprint density at radius 1 is 1.21 bits per heavy atom. The van der Waals surface area contributed by atoms with E-state index < -0.39 is 0 Å². The SMILES string of the molecule is CCOCCOc1ccc(Br)cc1CN1CCC2(CCNCC2)C1. The van der Waals surface area contributed by atoms with Gasteiger partial charge in [-0.1, -0.05) is 15.9 Å². The summed E-state index contributed by atoms with van der Waals surface area (Å²) in [4.78, 5) is 2.60. The van der Waals surface area contributed by atoms with Crippen molar-refractivity contribution in [1.82, 2.24) is 10.2 Å². The van der Waals surface area contributed by atoms with Crippen LogP contribution in [0.4, 0.5) is 0 Å². The van der Waals surface area contributed by atoms with Crippen molar-refractivity contribution in [2.24, 2.45) is 5.41 Å². The lowest BCUT2D eigenvalue weighted by Gasteiger charge is -2.34. The molecule has 4 nitrogen and oxygen atoms in total. The second-order valence-electron chi connectivity index (χ2n) is 7.01. The van der Waals surface area contributed by atoms with E-state index >= 15 is 0 Å². The molecular formula is C19H29BrN2O2. The van der Waals surface area contributed by atoms with E-state index in [9.17, 15) is 0 Å². The highest BCUT2D eigenvalue weighted by molar-refractivity contribution is 9.10. The predicted octanol–water partition coefficient (Wildman–Crippen LogP) is 3.44. The smallest absolute Gasteiger partial charge is 0.123 e. The highest BCUT2D eigenvalue weighted by atomic mass is 79.9. The number of ether oxygens (including phenoxy) is 2. The maximum atomic E-state index is 5.96. The third kappa shape index (κ3) is 4.72. The molecule has 5 heteroatoms. The molecule has 2 aliphatic rings. The topological polar surface area (TPSA) is 33.7 Å². The summed E-state index contributed by atoms with van der Waals surface area (Å²) in [6.45, 7) is 9.75. The molecule has 0 atom stereocenters. The number of hydrogen-bond acceptors (Lipinski definition) is 4. The lowest BCUT2D eigenvalue weighted by molar-refractivity contribution is 0.109. The molecule has 2 aliphatic heterocycles. The highest BCUT2D eigenvalue weighted by Gasteiger charge is 2.38. The van der Waals surface area contributed by atoms with Crippen LogP contribution in [0, 0.1) is 5.41 Å². The Balaban J connectivity index is 1.60. The van der Waals surface area contributed by atoms with Crippen LogP contribution in [0.3, 0.4) is 0 Å². The number of benzene rings is 1. The van der Waals surface area contributed by atoms with Crippen molar-refractivity contribution in [3.8, 4) is 5.75 Å². The molecule has 0 saturated carbocycles. The van der Waals surface area contributed by atoms with E-state index in [4.69, 9.17) is 9.47 Å². The molecule has 0 unspecified atom stereocenters. The van der Waals surface area contributed by atoms with Crippen molar-refractivity contribution in [3.63, 3.8) is 0 Å². The summed E-state index contributed by atoms with van der Waals surface area (Å²) >= 11 is 3.60. The van der Waals surface area contributed by atoms with E-state index in [0.29, 0.717) is 18.6 Å².